The summed E-state index contributed by atoms with van der Waals surface area (Å²) in [4.78, 5) is 8.56. The standard InChI is InChI=1S/C16H17N5O3S/c1-24-14-7-6-12-15(13(17)9-20-16(12)21-14)19-8-10-2-4-11(5-3-10)25(18,22)23/h2-7,9H,8,17H2,1H3,(H2,18,22,23)(H,19,20,21). The number of nitrogens with two attached hydrogens (primary N) is 2. The van der Waals surface area contributed by atoms with Gasteiger partial charge in [-0.2, -0.15) is 4.98 Å². The Balaban J connectivity index is 1.86. The molecule has 0 saturated carbocycles. The fraction of sp³-hybridized carbons (Fsp3) is 0.125. The van der Waals surface area contributed by atoms with Crippen LogP contribution in [-0.2, 0) is 16.6 Å². The van der Waals surface area contributed by atoms with E-state index in [0.717, 1.165) is 10.9 Å². The average molecular weight is 359 g/mol. The predicted octanol–water partition coefficient (Wildman–Crippen LogP) is 1.48. The van der Waals surface area contributed by atoms with Crippen LogP contribution in [0.3, 0.4) is 0 Å². The van der Waals surface area contributed by atoms with Gasteiger partial charge in [-0.15, -0.1) is 0 Å². The van der Waals surface area contributed by atoms with Crippen LogP contribution >= 0.6 is 0 Å². The van der Waals surface area contributed by atoms with Gasteiger partial charge in [0.1, 0.15) is 0 Å². The maximum absolute atomic E-state index is 11.3. The largest absolute Gasteiger partial charge is 0.481 e. The summed E-state index contributed by atoms with van der Waals surface area (Å²) in [5, 5.41) is 9.10. The van der Waals surface area contributed by atoms with Gasteiger partial charge in [0.15, 0.2) is 5.65 Å². The van der Waals surface area contributed by atoms with Crippen LogP contribution in [0.4, 0.5) is 11.4 Å². The van der Waals surface area contributed by atoms with Crippen molar-refractivity contribution in [2.24, 2.45) is 5.14 Å². The molecular weight excluding hydrogens is 342 g/mol. The molecular formula is C16H17N5O3S. The second-order valence-corrected chi connectivity index (χ2v) is 6.92. The maximum atomic E-state index is 11.3. The van der Waals surface area contributed by atoms with Crippen molar-refractivity contribution in [3.05, 3.63) is 48.2 Å². The van der Waals surface area contributed by atoms with Gasteiger partial charge < -0.3 is 15.8 Å². The Kier molecular flexibility index (Phi) is 4.43. The van der Waals surface area contributed by atoms with Crippen LogP contribution in [0.5, 0.6) is 5.88 Å². The van der Waals surface area contributed by atoms with Gasteiger partial charge in [-0.3, -0.25) is 0 Å². The molecule has 0 radical (unpaired) electrons. The van der Waals surface area contributed by atoms with Gasteiger partial charge in [-0.05, 0) is 23.8 Å². The fourth-order valence-corrected chi connectivity index (χ4v) is 2.89. The molecule has 3 rings (SSSR count). The summed E-state index contributed by atoms with van der Waals surface area (Å²) in [6, 6.07) is 9.87. The lowest BCUT2D eigenvalue weighted by Crippen LogP contribution is -2.12. The Morgan fingerprint density at radius 3 is 2.52 bits per heavy atom. The smallest absolute Gasteiger partial charge is 0.238 e. The number of sulfonamides is 1. The molecule has 0 unspecified atom stereocenters. The number of hydrogen-bond acceptors (Lipinski definition) is 7. The molecule has 0 aliphatic rings. The topological polar surface area (TPSA) is 133 Å². The first-order chi connectivity index (χ1) is 11.9. The Hall–Kier alpha value is -2.91. The molecule has 0 fully saturated rings. The molecule has 5 N–H and O–H groups in total. The number of ether oxygens (including phenoxy) is 1. The van der Waals surface area contributed by atoms with Gasteiger partial charge >= 0.3 is 0 Å². The Labute approximate surface area is 144 Å². The lowest BCUT2D eigenvalue weighted by molar-refractivity contribution is 0.399. The zero-order valence-corrected chi connectivity index (χ0v) is 14.2. The van der Waals surface area contributed by atoms with Crippen molar-refractivity contribution >= 4 is 32.4 Å². The number of fused-ring (bicyclic) bond motifs is 1. The van der Waals surface area contributed by atoms with E-state index in [9.17, 15) is 8.42 Å². The molecule has 8 nitrogen and oxygen atoms in total. The number of primary sulfonamides is 1. The van der Waals surface area contributed by atoms with Crippen LogP contribution in [-0.4, -0.2) is 25.5 Å². The normalized spacial score (nSPS) is 11.4. The number of nitrogen functional groups attached to an aromatic ring is 1. The van der Waals surface area contributed by atoms with Gasteiger partial charge in [-0.1, -0.05) is 12.1 Å². The number of pyridine rings is 2. The summed E-state index contributed by atoms with van der Waals surface area (Å²) in [6.07, 6.45) is 1.53. The zero-order valence-electron chi connectivity index (χ0n) is 13.4. The molecule has 0 bridgehead atoms. The van der Waals surface area contributed by atoms with E-state index in [1.54, 1.807) is 18.2 Å². The van der Waals surface area contributed by atoms with Gasteiger partial charge in [0.2, 0.25) is 15.9 Å². The highest BCUT2D eigenvalue weighted by Crippen LogP contribution is 2.28. The third-order valence-electron chi connectivity index (χ3n) is 3.66. The van der Waals surface area contributed by atoms with Crippen molar-refractivity contribution in [1.82, 2.24) is 9.97 Å². The monoisotopic (exact) mass is 359 g/mol. The maximum Gasteiger partial charge on any atom is 0.238 e. The van der Waals surface area contributed by atoms with Crippen molar-refractivity contribution in [2.45, 2.75) is 11.4 Å². The number of anilines is 2. The van der Waals surface area contributed by atoms with Crippen LogP contribution in [0.25, 0.3) is 11.0 Å². The molecule has 3 aromatic rings. The van der Waals surface area contributed by atoms with E-state index in [2.05, 4.69) is 15.3 Å². The lowest BCUT2D eigenvalue weighted by atomic mass is 10.2. The second-order valence-electron chi connectivity index (χ2n) is 5.36. The first-order valence-electron chi connectivity index (χ1n) is 7.33. The van der Waals surface area contributed by atoms with Crippen LogP contribution in [0, 0.1) is 0 Å². The van der Waals surface area contributed by atoms with Crippen LogP contribution in [0.15, 0.2) is 47.5 Å². The molecule has 2 heterocycles. The minimum atomic E-state index is -3.70. The molecule has 2 aromatic heterocycles. The highest BCUT2D eigenvalue weighted by Gasteiger charge is 2.10. The summed E-state index contributed by atoms with van der Waals surface area (Å²) in [5.74, 6) is 0.467. The highest BCUT2D eigenvalue weighted by atomic mass is 32.2. The van der Waals surface area contributed by atoms with Crippen molar-refractivity contribution in [3.8, 4) is 5.88 Å². The van der Waals surface area contributed by atoms with E-state index in [-0.39, 0.29) is 4.90 Å². The van der Waals surface area contributed by atoms with E-state index in [1.807, 2.05) is 6.07 Å². The molecule has 0 aliphatic carbocycles. The fourth-order valence-electron chi connectivity index (χ4n) is 2.37. The summed E-state index contributed by atoms with van der Waals surface area (Å²) < 4.78 is 27.7. The van der Waals surface area contributed by atoms with Gasteiger partial charge in [0, 0.05) is 18.0 Å². The average Bonchev–Trinajstić information content (AvgIpc) is 2.60. The summed E-state index contributed by atoms with van der Waals surface area (Å²) in [7, 11) is -2.16. The van der Waals surface area contributed by atoms with E-state index < -0.39 is 10.0 Å². The number of nitrogens with zero attached hydrogens (tertiary/aromatic N) is 2. The first kappa shape index (κ1) is 16.9. The van der Waals surface area contributed by atoms with E-state index >= 15 is 0 Å². The molecule has 1 aromatic carbocycles. The minimum absolute atomic E-state index is 0.0708. The number of nitrogens with one attached hydrogen (secondary N) is 1. The third-order valence-corrected chi connectivity index (χ3v) is 4.59. The molecule has 0 saturated heterocycles. The summed E-state index contributed by atoms with van der Waals surface area (Å²) in [5.41, 5.74) is 8.60. The van der Waals surface area contributed by atoms with Gasteiger partial charge in [0.05, 0.1) is 29.6 Å². The number of benzene rings is 1. The molecule has 25 heavy (non-hydrogen) atoms. The molecule has 130 valence electrons. The molecule has 0 amide bonds. The highest BCUT2D eigenvalue weighted by molar-refractivity contribution is 7.89. The lowest BCUT2D eigenvalue weighted by Gasteiger charge is -2.12. The van der Waals surface area contributed by atoms with Gasteiger partial charge in [0.25, 0.3) is 0 Å². The van der Waals surface area contributed by atoms with E-state index in [0.29, 0.717) is 29.4 Å². The van der Waals surface area contributed by atoms with E-state index in [1.165, 1.54) is 25.4 Å². The molecule has 0 spiro atoms. The summed E-state index contributed by atoms with van der Waals surface area (Å²) >= 11 is 0. The minimum Gasteiger partial charge on any atom is -0.481 e. The Morgan fingerprint density at radius 1 is 1.16 bits per heavy atom. The van der Waals surface area contributed by atoms with E-state index in [4.69, 9.17) is 15.6 Å². The molecule has 0 aliphatic heterocycles. The Bertz CT molecular complexity index is 1020. The summed E-state index contributed by atoms with van der Waals surface area (Å²) in [6.45, 7) is 0.445. The SMILES string of the molecule is COc1ccc2c(NCc3ccc(S(N)(=O)=O)cc3)c(N)cnc2n1. The van der Waals surface area contributed by atoms with Crippen molar-refractivity contribution in [1.29, 1.82) is 0 Å². The predicted molar refractivity (Wildman–Crippen MR) is 95.6 cm³/mol. The molecule has 0 atom stereocenters. The van der Waals surface area contributed by atoms with Crippen molar-refractivity contribution in [2.75, 3.05) is 18.2 Å². The molecule has 9 heteroatoms. The number of methoxy groups -OCH3 is 1. The second kappa shape index (κ2) is 6.54. The van der Waals surface area contributed by atoms with Gasteiger partial charge in [-0.25, -0.2) is 18.5 Å². The Morgan fingerprint density at radius 2 is 1.88 bits per heavy atom. The quantitative estimate of drug-likeness (QED) is 0.628. The van der Waals surface area contributed by atoms with Crippen LogP contribution < -0.4 is 20.9 Å². The third kappa shape index (κ3) is 3.62. The first-order valence-corrected chi connectivity index (χ1v) is 8.88. The van der Waals surface area contributed by atoms with Crippen LogP contribution in [0.2, 0.25) is 0 Å². The van der Waals surface area contributed by atoms with Crippen molar-refractivity contribution < 1.29 is 13.2 Å². The number of hydrogen-bond donors (Lipinski definition) is 3. The number of rotatable bonds is 5. The van der Waals surface area contributed by atoms with Crippen molar-refractivity contribution in [3.63, 3.8) is 0 Å². The van der Waals surface area contributed by atoms with Crippen LogP contribution in [0.1, 0.15) is 5.56 Å². The zero-order chi connectivity index (χ0) is 18.0. The number of aromatic nitrogens is 2.